The van der Waals surface area contributed by atoms with Gasteiger partial charge in [0.1, 0.15) is 12.0 Å². The van der Waals surface area contributed by atoms with Gasteiger partial charge in [-0.15, -0.1) is 0 Å². The zero-order valence-corrected chi connectivity index (χ0v) is 11.5. The monoisotopic (exact) mass is 260 g/mol. The SMILES string of the molecule is CNCCCc1coc(Cc2ccccc2OC)n1. The molecule has 0 radical (unpaired) electrons. The van der Waals surface area contributed by atoms with Crippen LogP contribution in [-0.4, -0.2) is 25.7 Å². The van der Waals surface area contributed by atoms with Crippen LogP contribution in [-0.2, 0) is 12.8 Å². The van der Waals surface area contributed by atoms with Gasteiger partial charge in [0.2, 0.25) is 0 Å². The molecule has 2 aromatic rings. The van der Waals surface area contributed by atoms with E-state index in [2.05, 4.69) is 10.3 Å². The minimum Gasteiger partial charge on any atom is -0.496 e. The van der Waals surface area contributed by atoms with E-state index >= 15 is 0 Å². The lowest BCUT2D eigenvalue weighted by Crippen LogP contribution is -2.08. The fourth-order valence-electron chi connectivity index (χ4n) is 2.00. The first-order valence-corrected chi connectivity index (χ1v) is 6.53. The van der Waals surface area contributed by atoms with Crippen LogP contribution in [0.1, 0.15) is 23.6 Å². The summed E-state index contributed by atoms with van der Waals surface area (Å²) in [5.41, 5.74) is 2.11. The third-order valence-electron chi connectivity index (χ3n) is 2.99. The fraction of sp³-hybridized carbons (Fsp3) is 0.400. The molecule has 0 saturated carbocycles. The second-order valence-corrected chi connectivity index (χ2v) is 4.43. The third-order valence-corrected chi connectivity index (χ3v) is 2.99. The van der Waals surface area contributed by atoms with Crippen molar-refractivity contribution in [1.82, 2.24) is 10.3 Å². The average molecular weight is 260 g/mol. The maximum absolute atomic E-state index is 5.51. The molecule has 4 nitrogen and oxygen atoms in total. The van der Waals surface area contributed by atoms with Crippen LogP contribution in [0.5, 0.6) is 5.75 Å². The summed E-state index contributed by atoms with van der Waals surface area (Å²) in [6.45, 7) is 0.995. The average Bonchev–Trinajstić information content (AvgIpc) is 2.87. The Morgan fingerprint density at radius 1 is 1.32 bits per heavy atom. The van der Waals surface area contributed by atoms with Crippen LogP contribution in [0.4, 0.5) is 0 Å². The van der Waals surface area contributed by atoms with Gasteiger partial charge in [0.15, 0.2) is 5.89 Å². The Morgan fingerprint density at radius 2 is 2.16 bits per heavy atom. The number of para-hydroxylation sites is 1. The summed E-state index contributed by atoms with van der Waals surface area (Å²) in [6.07, 6.45) is 4.42. The quantitative estimate of drug-likeness (QED) is 0.777. The first-order valence-electron chi connectivity index (χ1n) is 6.53. The van der Waals surface area contributed by atoms with Gasteiger partial charge in [-0.25, -0.2) is 4.98 Å². The van der Waals surface area contributed by atoms with E-state index < -0.39 is 0 Å². The van der Waals surface area contributed by atoms with Gasteiger partial charge < -0.3 is 14.5 Å². The fourth-order valence-corrected chi connectivity index (χ4v) is 2.00. The Morgan fingerprint density at radius 3 is 2.95 bits per heavy atom. The number of hydrogen-bond acceptors (Lipinski definition) is 4. The smallest absolute Gasteiger partial charge is 0.198 e. The van der Waals surface area contributed by atoms with Gasteiger partial charge >= 0.3 is 0 Å². The van der Waals surface area contributed by atoms with Gasteiger partial charge in [-0.05, 0) is 32.5 Å². The van der Waals surface area contributed by atoms with Crippen LogP contribution >= 0.6 is 0 Å². The Bertz CT molecular complexity index is 508. The van der Waals surface area contributed by atoms with E-state index in [1.807, 2.05) is 31.3 Å². The summed E-state index contributed by atoms with van der Waals surface area (Å²) in [5.74, 6) is 1.61. The highest BCUT2D eigenvalue weighted by Gasteiger charge is 2.08. The molecule has 0 aliphatic heterocycles. The summed E-state index contributed by atoms with van der Waals surface area (Å²) in [4.78, 5) is 4.50. The van der Waals surface area contributed by atoms with E-state index in [0.29, 0.717) is 6.42 Å². The lowest BCUT2D eigenvalue weighted by Gasteiger charge is -2.05. The maximum atomic E-state index is 5.51. The van der Waals surface area contributed by atoms with E-state index in [0.717, 1.165) is 42.3 Å². The molecule has 102 valence electrons. The topological polar surface area (TPSA) is 47.3 Å². The highest BCUT2D eigenvalue weighted by atomic mass is 16.5. The molecule has 2 rings (SSSR count). The number of rotatable bonds is 7. The first kappa shape index (κ1) is 13.6. The number of methoxy groups -OCH3 is 1. The molecule has 0 amide bonds. The van der Waals surface area contributed by atoms with E-state index in [-0.39, 0.29) is 0 Å². The standard InChI is InChI=1S/C15H20N2O2/c1-16-9-5-7-13-11-19-15(17-13)10-12-6-3-4-8-14(12)18-2/h3-4,6,8,11,16H,5,7,9-10H2,1-2H3. The van der Waals surface area contributed by atoms with Gasteiger partial charge in [0.25, 0.3) is 0 Å². The lowest BCUT2D eigenvalue weighted by molar-refractivity contribution is 0.408. The molecule has 19 heavy (non-hydrogen) atoms. The van der Waals surface area contributed by atoms with Crippen molar-refractivity contribution in [3.63, 3.8) is 0 Å². The normalized spacial score (nSPS) is 10.6. The number of ether oxygens (including phenoxy) is 1. The molecule has 1 aromatic heterocycles. The third kappa shape index (κ3) is 3.83. The van der Waals surface area contributed by atoms with Crippen LogP contribution in [0.15, 0.2) is 34.9 Å². The number of nitrogens with one attached hydrogen (secondary N) is 1. The highest BCUT2D eigenvalue weighted by molar-refractivity contribution is 5.34. The van der Waals surface area contributed by atoms with E-state index in [4.69, 9.17) is 9.15 Å². The Hall–Kier alpha value is -1.81. The number of hydrogen-bond donors (Lipinski definition) is 1. The predicted molar refractivity (Wildman–Crippen MR) is 74.6 cm³/mol. The number of aromatic nitrogens is 1. The molecule has 1 heterocycles. The minimum atomic E-state index is 0.663. The van der Waals surface area contributed by atoms with Crippen molar-refractivity contribution in [2.75, 3.05) is 20.7 Å². The van der Waals surface area contributed by atoms with Crippen molar-refractivity contribution in [3.8, 4) is 5.75 Å². The van der Waals surface area contributed by atoms with Gasteiger partial charge in [-0.1, -0.05) is 18.2 Å². The van der Waals surface area contributed by atoms with Crippen molar-refractivity contribution < 1.29 is 9.15 Å². The molecule has 0 atom stereocenters. The van der Waals surface area contributed by atoms with Crippen molar-refractivity contribution >= 4 is 0 Å². The number of aryl methyl sites for hydroxylation is 1. The number of benzene rings is 1. The molecule has 1 N–H and O–H groups in total. The minimum absolute atomic E-state index is 0.663. The largest absolute Gasteiger partial charge is 0.496 e. The van der Waals surface area contributed by atoms with Crippen LogP contribution < -0.4 is 10.1 Å². The van der Waals surface area contributed by atoms with Crippen molar-refractivity contribution in [1.29, 1.82) is 0 Å². The Labute approximate surface area is 113 Å². The van der Waals surface area contributed by atoms with Gasteiger partial charge in [-0.2, -0.15) is 0 Å². The Balaban J connectivity index is 1.99. The van der Waals surface area contributed by atoms with Crippen molar-refractivity contribution in [2.24, 2.45) is 0 Å². The lowest BCUT2D eigenvalue weighted by atomic mass is 10.1. The number of oxazole rings is 1. The summed E-state index contributed by atoms with van der Waals surface area (Å²) >= 11 is 0. The molecule has 0 saturated heterocycles. The molecular weight excluding hydrogens is 240 g/mol. The van der Waals surface area contributed by atoms with Gasteiger partial charge in [-0.3, -0.25) is 0 Å². The molecule has 0 unspecified atom stereocenters. The summed E-state index contributed by atoms with van der Waals surface area (Å²) in [6, 6.07) is 7.94. The zero-order chi connectivity index (χ0) is 13.5. The zero-order valence-electron chi connectivity index (χ0n) is 11.5. The molecule has 0 aliphatic rings. The van der Waals surface area contributed by atoms with E-state index in [1.54, 1.807) is 13.4 Å². The van der Waals surface area contributed by atoms with Crippen molar-refractivity contribution in [2.45, 2.75) is 19.3 Å². The molecule has 1 aromatic carbocycles. The van der Waals surface area contributed by atoms with E-state index in [9.17, 15) is 0 Å². The molecular formula is C15H20N2O2. The molecule has 0 aliphatic carbocycles. The molecule has 0 spiro atoms. The highest BCUT2D eigenvalue weighted by Crippen LogP contribution is 2.20. The van der Waals surface area contributed by atoms with E-state index in [1.165, 1.54) is 0 Å². The van der Waals surface area contributed by atoms with Gasteiger partial charge in [0, 0.05) is 5.56 Å². The second-order valence-electron chi connectivity index (χ2n) is 4.43. The van der Waals surface area contributed by atoms with Crippen molar-refractivity contribution in [3.05, 3.63) is 47.7 Å². The number of nitrogens with zero attached hydrogens (tertiary/aromatic N) is 1. The summed E-state index contributed by atoms with van der Waals surface area (Å²) in [7, 11) is 3.63. The van der Waals surface area contributed by atoms with Crippen LogP contribution in [0.25, 0.3) is 0 Å². The summed E-state index contributed by atoms with van der Waals surface area (Å²) < 4.78 is 10.8. The molecule has 0 bridgehead atoms. The summed E-state index contributed by atoms with van der Waals surface area (Å²) in [5, 5.41) is 3.12. The van der Waals surface area contributed by atoms with Crippen LogP contribution in [0, 0.1) is 0 Å². The predicted octanol–water partition coefficient (Wildman–Crippen LogP) is 2.43. The van der Waals surface area contributed by atoms with Crippen LogP contribution in [0.3, 0.4) is 0 Å². The second kappa shape index (κ2) is 6.95. The first-order chi connectivity index (χ1) is 9.33. The molecule has 0 fully saturated rings. The Kier molecular flexibility index (Phi) is 4.98. The van der Waals surface area contributed by atoms with Gasteiger partial charge in [0.05, 0.1) is 19.2 Å². The maximum Gasteiger partial charge on any atom is 0.198 e. The van der Waals surface area contributed by atoms with Crippen LogP contribution in [0.2, 0.25) is 0 Å². The molecule has 4 heteroatoms.